The van der Waals surface area contributed by atoms with Gasteiger partial charge in [-0.25, -0.2) is 0 Å². The SMILES string of the molecule is CCC(=O)N1CCCC(C(=O)OC(C)C(=O)Nc2ccccc2[N+](=O)[O-])C1. The number of piperidine rings is 1. The molecule has 2 atom stereocenters. The number of hydrogen-bond donors (Lipinski definition) is 1. The molecule has 1 heterocycles. The van der Waals surface area contributed by atoms with E-state index in [1.54, 1.807) is 17.9 Å². The van der Waals surface area contributed by atoms with Crippen LogP contribution in [0.4, 0.5) is 11.4 Å². The van der Waals surface area contributed by atoms with Gasteiger partial charge in [-0.15, -0.1) is 0 Å². The Morgan fingerprint density at radius 2 is 2.07 bits per heavy atom. The van der Waals surface area contributed by atoms with Crippen molar-refractivity contribution in [1.82, 2.24) is 4.90 Å². The molecule has 146 valence electrons. The molecule has 0 aromatic heterocycles. The summed E-state index contributed by atoms with van der Waals surface area (Å²) in [5, 5.41) is 13.4. The highest BCUT2D eigenvalue weighted by molar-refractivity contribution is 5.97. The van der Waals surface area contributed by atoms with E-state index in [2.05, 4.69) is 5.32 Å². The summed E-state index contributed by atoms with van der Waals surface area (Å²) < 4.78 is 5.23. The molecule has 1 N–H and O–H groups in total. The predicted octanol–water partition coefficient (Wildman–Crippen LogP) is 2.11. The van der Waals surface area contributed by atoms with Crippen LogP contribution in [0.5, 0.6) is 0 Å². The number of anilines is 1. The monoisotopic (exact) mass is 377 g/mol. The molecule has 2 unspecified atom stereocenters. The maximum atomic E-state index is 12.3. The molecule has 0 spiro atoms. The fourth-order valence-corrected chi connectivity index (χ4v) is 2.92. The molecule has 2 amide bonds. The van der Waals surface area contributed by atoms with Crippen LogP contribution in [-0.2, 0) is 19.1 Å². The number of amides is 2. The Labute approximate surface area is 156 Å². The molecule has 9 nitrogen and oxygen atoms in total. The topological polar surface area (TPSA) is 119 Å². The Hall–Kier alpha value is -2.97. The van der Waals surface area contributed by atoms with E-state index in [1.807, 2.05) is 0 Å². The zero-order chi connectivity index (χ0) is 20.0. The Bertz CT molecular complexity index is 736. The third-order valence-electron chi connectivity index (χ3n) is 4.43. The van der Waals surface area contributed by atoms with Gasteiger partial charge >= 0.3 is 5.97 Å². The smallest absolute Gasteiger partial charge is 0.311 e. The van der Waals surface area contributed by atoms with Gasteiger partial charge in [-0.05, 0) is 25.8 Å². The Balaban J connectivity index is 1.95. The number of esters is 1. The fraction of sp³-hybridized carbons (Fsp3) is 0.500. The van der Waals surface area contributed by atoms with Gasteiger partial charge in [-0.1, -0.05) is 19.1 Å². The molecule has 0 radical (unpaired) electrons. The maximum absolute atomic E-state index is 12.3. The minimum absolute atomic E-state index is 0.0188. The van der Waals surface area contributed by atoms with Gasteiger partial charge in [0.05, 0.1) is 10.8 Å². The first-order chi connectivity index (χ1) is 12.8. The van der Waals surface area contributed by atoms with E-state index >= 15 is 0 Å². The second kappa shape index (κ2) is 9.11. The Morgan fingerprint density at radius 1 is 1.37 bits per heavy atom. The van der Waals surface area contributed by atoms with Gasteiger partial charge in [0.1, 0.15) is 5.69 Å². The number of nitro groups is 1. The van der Waals surface area contributed by atoms with Crippen molar-refractivity contribution in [1.29, 1.82) is 0 Å². The molecular weight excluding hydrogens is 354 g/mol. The third-order valence-corrected chi connectivity index (χ3v) is 4.43. The van der Waals surface area contributed by atoms with E-state index in [1.165, 1.54) is 25.1 Å². The van der Waals surface area contributed by atoms with Crippen LogP contribution < -0.4 is 5.32 Å². The highest BCUT2D eigenvalue weighted by Gasteiger charge is 2.31. The van der Waals surface area contributed by atoms with Crippen molar-refractivity contribution in [2.45, 2.75) is 39.2 Å². The summed E-state index contributed by atoms with van der Waals surface area (Å²) >= 11 is 0. The summed E-state index contributed by atoms with van der Waals surface area (Å²) in [5.41, 5.74) is -0.210. The van der Waals surface area contributed by atoms with E-state index in [0.29, 0.717) is 25.8 Å². The van der Waals surface area contributed by atoms with Crippen molar-refractivity contribution in [3.05, 3.63) is 34.4 Å². The Kier molecular flexibility index (Phi) is 6.86. The highest BCUT2D eigenvalue weighted by Crippen LogP contribution is 2.24. The van der Waals surface area contributed by atoms with Crippen molar-refractivity contribution in [3.8, 4) is 0 Å². The first-order valence-corrected chi connectivity index (χ1v) is 8.86. The summed E-state index contributed by atoms with van der Waals surface area (Å²) in [6.45, 7) is 4.06. The minimum atomic E-state index is -1.12. The van der Waals surface area contributed by atoms with Crippen molar-refractivity contribution >= 4 is 29.2 Å². The first-order valence-electron chi connectivity index (χ1n) is 8.86. The number of rotatable bonds is 6. The molecule has 27 heavy (non-hydrogen) atoms. The van der Waals surface area contributed by atoms with Gasteiger partial charge in [0, 0.05) is 25.6 Å². The van der Waals surface area contributed by atoms with E-state index in [9.17, 15) is 24.5 Å². The second-order valence-corrected chi connectivity index (χ2v) is 6.38. The highest BCUT2D eigenvalue weighted by atomic mass is 16.6. The van der Waals surface area contributed by atoms with Gasteiger partial charge in [-0.2, -0.15) is 0 Å². The molecule has 1 aromatic carbocycles. The van der Waals surface area contributed by atoms with Crippen LogP contribution in [0.3, 0.4) is 0 Å². The van der Waals surface area contributed by atoms with Crippen LogP contribution >= 0.6 is 0 Å². The molecule has 1 aromatic rings. The van der Waals surface area contributed by atoms with E-state index in [-0.39, 0.29) is 23.8 Å². The standard InChI is InChI=1S/C18H23N3O6/c1-3-16(22)20-10-6-7-13(11-20)18(24)27-12(2)17(23)19-14-8-4-5-9-15(14)21(25)26/h4-5,8-9,12-13H,3,6-7,10-11H2,1-2H3,(H,19,23). The van der Waals surface area contributed by atoms with E-state index in [0.717, 1.165) is 0 Å². The molecule has 0 bridgehead atoms. The lowest BCUT2D eigenvalue weighted by Gasteiger charge is -2.31. The second-order valence-electron chi connectivity index (χ2n) is 6.38. The summed E-state index contributed by atoms with van der Waals surface area (Å²) in [5.74, 6) is -1.70. The lowest BCUT2D eigenvalue weighted by Crippen LogP contribution is -2.43. The van der Waals surface area contributed by atoms with Crippen molar-refractivity contribution in [2.24, 2.45) is 5.92 Å². The van der Waals surface area contributed by atoms with Crippen molar-refractivity contribution in [2.75, 3.05) is 18.4 Å². The molecular formula is C18H23N3O6. The van der Waals surface area contributed by atoms with Crippen LogP contribution in [-0.4, -0.2) is 46.8 Å². The van der Waals surface area contributed by atoms with Gasteiger partial charge in [0.15, 0.2) is 6.10 Å². The van der Waals surface area contributed by atoms with Crippen LogP contribution in [0, 0.1) is 16.0 Å². The molecule has 0 saturated carbocycles. The zero-order valence-corrected chi connectivity index (χ0v) is 15.3. The van der Waals surface area contributed by atoms with Crippen LogP contribution in [0.15, 0.2) is 24.3 Å². The van der Waals surface area contributed by atoms with Gasteiger partial charge in [0.25, 0.3) is 11.6 Å². The van der Waals surface area contributed by atoms with Crippen LogP contribution in [0.1, 0.15) is 33.1 Å². The number of ether oxygens (including phenoxy) is 1. The lowest BCUT2D eigenvalue weighted by atomic mass is 9.98. The van der Waals surface area contributed by atoms with Gasteiger partial charge < -0.3 is 15.0 Å². The molecule has 1 saturated heterocycles. The summed E-state index contributed by atoms with van der Waals surface area (Å²) in [6, 6.07) is 5.72. The number of likely N-dealkylation sites (tertiary alicyclic amines) is 1. The molecule has 1 aliphatic heterocycles. The third kappa shape index (κ3) is 5.25. The summed E-state index contributed by atoms with van der Waals surface area (Å²) in [4.78, 5) is 48.4. The maximum Gasteiger partial charge on any atom is 0.311 e. The fourth-order valence-electron chi connectivity index (χ4n) is 2.92. The number of hydrogen-bond acceptors (Lipinski definition) is 6. The number of carbonyl (C=O) groups excluding carboxylic acids is 3. The molecule has 1 aliphatic rings. The lowest BCUT2D eigenvalue weighted by molar-refractivity contribution is -0.383. The average Bonchev–Trinajstić information content (AvgIpc) is 2.67. The van der Waals surface area contributed by atoms with Gasteiger partial charge in [-0.3, -0.25) is 24.5 Å². The summed E-state index contributed by atoms with van der Waals surface area (Å²) in [6.07, 6.45) is 0.540. The van der Waals surface area contributed by atoms with Crippen molar-refractivity contribution in [3.63, 3.8) is 0 Å². The predicted molar refractivity (Wildman–Crippen MR) is 96.9 cm³/mol. The first kappa shape index (κ1) is 20.3. The average molecular weight is 377 g/mol. The molecule has 9 heteroatoms. The quantitative estimate of drug-likeness (QED) is 0.461. The number of benzene rings is 1. The number of nitro benzene ring substituents is 1. The molecule has 2 rings (SSSR count). The molecule has 0 aliphatic carbocycles. The van der Waals surface area contributed by atoms with Crippen LogP contribution in [0.25, 0.3) is 0 Å². The van der Waals surface area contributed by atoms with E-state index < -0.39 is 28.8 Å². The number of carbonyl (C=O) groups is 3. The number of nitrogens with one attached hydrogen (secondary N) is 1. The van der Waals surface area contributed by atoms with Crippen molar-refractivity contribution < 1.29 is 24.0 Å². The largest absolute Gasteiger partial charge is 0.452 e. The number of nitrogens with zero attached hydrogens (tertiary/aromatic N) is 2. The van der Waals surface area contributed by atoms with E-state index in [4.69, 9.17) is 4.74 Å². The normalized spacial score (nSPS) is 17.7. The van der Waals surface area contributed by atoms with Gasteiger partial charge in [0.2, 0.25) is 5.91 Å². The number of para-hydroxylation sites is 2. The minimum Gasteiger partial charge on any atom is -0.452 e. The zero-order valence-electron chi connectivity index (χ0n) is 15.3. The molecule has 1 fully saturated rings. The summed E-state index contributed by atoms with van der Waals surface area (Å²) in [7, 11) is 0. The Morgan fingerprint density at radius 3 is 2.74 bits per heavy atom. The van der Waals surface area contributed by atoms with Crippen LogP contribution in [0.2, 0.25) is 0 Å².